The van der Waals surface area contributed by atoms with Gasteiger partial charge in [0.2, 0.25) is 0 Å². The number of aromatic nitrogens is 1. The van der Waals surface area contributed by atoms with E-state index < -0.39 is 5.60 Å². The van der Waals surface area contributed by atoms with Gasteiger partial charge in [-0.3, -0.25) is 0 Å². The molecule has 2 N–H and O–H groups in total. The van der Waals surface area contributed by atoms with Crippen LogP contribution < -0.4 is 15.5 Å². The highest BCUT2D eigenvalue weighted by Gasteiger charge is 2.26. The topological polar surface area (TPSA) is 66.5 Å². The molecule has 22 heavy (non-hydrogen) atoms. The van der Waals surface area contributed by atoms with E-state index >= 15 is 0 Å². The molecule has 1 aromatic rings. The van der Waals surface area contributed by atoms with Crippen molar-refractivity contribution in [1.82, 2.24) is 15.6 Å². The fraction of sp³-hybridized carbons (Fsp3) is 0.625. The van der Waals surface area contributed by atoms with Gasteiger partial charge in [0.25, 0.3) is 0 Å². The van der Waals surface area contributed by atoms with Gasteiger partial charge in [-0.05, 0) is 46.4 Å². The van der Waals surface area contributed by atoms with Crippen LogP contribution in [0.3, 0.4) is 0 Å². The number of amides is 1. The number of anilines is 1. The number of carbonyl (C=O) groups excluding carboxylic acids is 1. The maximum absolute atomic E-state index is 11.8. The van der Waals surface area contributed by atoms with Crippen LogP contribution in [0.25, 0.3) is 0 Å². The first-order chi connectivity index (χ1) is 10.4. The Morgan fingerprint density at radius 1 is 1.45 bits per heavy atom. The lowest BCUT2D eigenvalue weighted by Crippen LogP contribution is -2.40. The number of hydrogen-bond donors (Lipinski definition) is 2. The SMILES string of the molecule is CNCc1cccc(N2CCC(NC(=O)OC(C)(C)C)C2)n1. The summed E-state index contributed by atoms with van der Waals surface area (Å²) < 4.78 is 5.30. The van der Waals surface area contributed by atoms with Gasteiger partial charge < -0.3 is 20.3 Å². The Morgan fingerprint density at radius 3 is 2.91 bits per heavy atom. The van der Waals surface area contributed by atoms with Gasteiger partial charge in [-0.2, -0.15) is 0 Å². The number of nitrogens with zero attached hydrogens (tertiary/aromatic N) is 2. The molecule has 1 amide bonds. The highest BCUT2D eigenvalue weighted by molar-refractivity contribution is 5.68. The van der Waals surface area contributed by atoms with Gasteiger partial charge in [0.15, 0.2) is 0 Å². The number of rotatable bonds is 4. The Balaban J connectivity index is 1.90. The maximum atomic E-state index is 11.8. The monoisotopic (exact) mass is 306 g/mol. The molecule has 1 saturated heterocycles. The van der Waals surface area contributed by atoms with Crippen LogP contribution in [-0.2, 0) is 11.3 Å². The van der Waals surface area contributed by atoms with Crippen LogP contribution >= 0.6 is 0 Å². The van der Waals surface area contributed by atoms with Gasteiger partial charge >= 0.3 is 6.09 Å². The third kappa shape index (κ3) is 4.87. The lowest BCUT2D eigenvalue weighted by Gasteiger charge is -2.22. The lowest BCUT2D eigenvalue weighted by atomic mass is 10.2. The Hall–Kier alpha value is -1.82. The summed E-state index contributed by atoms with van der Waals surface area (Å²) >= 11 is 0. The molecular weight excluding hydrogens is 280 g/mol. The Morgan fingerprint density at radius 2 is 2.23 bits per heavy atom. The molecule has 1 aliphatic heterocycles. The smallest absolute Gasteiger partial charge is 0.407 e. The van der Waals surface area contributed by atoms with E-state index in [1.807, 2.05) is 46.0 Å². The number of carbonyl (C=O) groups is 1. The summed E-state index contributed by atoms with van der Waals surface area (Å²) in [5, 5.41) is 6.04. The maximum Gasteiger partial charge on any atom is 0.407 e. The normalized spacial score (nSPS) is 18.4. The van der Waals surface area contributed by atoms with E-state index in [2.05, 4.69) is 20.5 Å². The summed E-state index contributed by atoms with van der Waals surface area (Å²) in [4.78, 5) is 18.7. The van der Waals surface area contributed by atoms with E-state index in [9.17, 15) is 4.79 Å². The van der Waals surface area contributed by atoms with E-state index in [0.717, 1.165) is 37.6 Å². The van der Waals surface area contributed by atoms with Crippen LogP contribution in [0.4, 0.5) is 10.6 Å². The minimum atomic E-state index is -0.467. The van der Waals surface area contributed by atoms with Crippen LogP contribution in [0, 0.1) is 0 Å². The largest absolute Gasteiger partial charge is 0.444 e. The van der Waals surface area contributed by atoms with Crippen molar-refractivity contribution in [3.63, 3.8) is 0 Å². The Kier molecular flexibility index (Phi) is 5.24. The Labute approximate surface area is 132 Å². The van der Waals surface area contributed by atoms with Crippen molar-refractivity contribution in [3.05, 3.63) is 23.9 Å². The second-order valence-corrected chi connectivity index (χ2v) is 6.60. The van der Waals surface area contributed by atoms with Crippen LogP contribution in [-0.4, -0.2) is 42.9 Å². The molecule has 2 rings (SSSR count). The third-order valence-corrected chi connectivity index (χ3v) is 3.38. The van der Waals surface area contributed by atoms with Crippen molar-refractivity contribution in [2.45, 2.75) is 45.4 Å². The van der Waals surface area contributed by atoms with Crippen molar-refractivity contribution < 1.29 is 9.53 Å². The molecule has 2 heterocycles. The second-order valence-electron chi connectivity index (χ2n) is 6.60. The third-order valence-electron chi connectivity index (χ3n) is 3.38. The first-order valence-electron chi connectivity index (χ1n) is 7.72. The average molecular weight is 306 g/mol. The number of ether oxygens (including phenoxy) is 1. The van der Waals surface area contributed by atoms with E-state index in [4.69, 9.17) is 4.74 Å². The lowest BCUT2D eigenvalue weighted by molar-refractivity contribution is 0.0509. The fourth-order valence-electron chi connectivity index (χ4n) is 2.48. The molecule has 122 valence electrons. The summed E-state index contributed by atoms with van der Waals surface area (Å²) in [6.07, 6.45) is 0.549. The molecule has 0 saturated carbocycles. The van der Waals surface area contributed by atoms with Crippen molar-refractivity contribution in [2.24, 2.45) is 0 Å². The predicted octanol–water partition coefficient (Wildman–Crippen LogP) is 1.90. The molecule has 6 nitrogen and oxygen atoms in total. The molecule has 0 aliphatic carbocycles. The van der Waals surface area contributed by atoms with Crippen LogP contribution in [0.15, 0.2) is 18.2 Å². The van der Waals surface area contributed by atoms with Gasteiger partial charge in [0.1, 0.15) is 11.4 Å². The van der Waals surface area contributed by atoms with Crippen molar-refractivity contribution in [2.75, 3.05) is 25.0 Å². The minimum absolute atomic E-state index is 0.101. The average Bonchev–Trinajstić information content (AvgIpc) is 2.85. The summed E-state index contributed by atoms with van der Waals surface area (Å²) in [7, 11) is 1.91. The van der Waals surface area contributed by atoms with Crippen LogP contribution in [0.5, 0.6) is 0 Å². The molecule has 0 bridgehead atoms. The fourth-order valence-corrected chi connectivity index (χ4v) is 2.48. The van der Waals surface area contributed by atoms with E-state index in [0.29, 0.717) is 0 Å². The zero-order valence-electron chi connectivity index (χ0n) is 13.8. The molecule has 6 heteroatoms. The van der Waals surface area contributed by atoms with E-state index in [-0.39, 0.29) is 12.1 Å². The zero-order chi connectivity index (χ0) is 16.2. The van der Waals surface area contributed by atoms with Crippen LogP contribution in [0.2, 0.25) is 0 Å². The van der Waals surface area contributed by atoms with Crippen molar-refractivity contribution >= 4 is 11.9 Å². The number of pyridine rings is 1. The molecular formula is C16H26N4O2. The van der Waals surface area contributed by atoms with Gasteiger partial charge in [-0.25, -0.2) is 9.78 Å². The summed E-state index contributed by atoms with van der Waals surface area (Å²) in [5.41, 5.74) is 0.550. The molecule has 1 aromatic heterocycles. The molecule has 1 aliphatic rings. The van der Waals surface area contributed by atoms with Gasteiger partial charge in [0, 0.05) is 19.6 Å². The number of nitrogens with one attached hydrogen (secondary N) is 2. The summed E-state index contributed by atoms with van der Waals surface area (Å²) in [5.74, 6) is 0.959. The molecule has 0 radical (unpaired) electrons. The summed E-state index contributed by atoms with van der Waals surface area (Å²) in [6.45, 7) is 7.99. The highest BCUT2D eigenvalue weighted by Crippen LogP contribution is 2.19. The van der Waals surface area contributed by atoms with E-state index in [1.54, 1.807) is 0 Å². The summed E-state index contributed by atoms with van der Waals surface area (Å²) in [6, 6.07) is 6.13. The molecule has 0 aromatic carbocycles. The predicted molar refractivity (Wildman–Crippen MR) is 87.0 cm³/mol. The van der Waals surface area contributed by atoms with Crippen molar-refractivity contribution in [1.29, 1.82) is 0 Å². The molecule has 1 fully saturated rings. The minimum Gasteiger partial charge on any atom is -0.444 e. The second kappa shape index (κ2) is 6.96. The van der Waals surface area contributed by atoms with Gasteiger partial charge in [0.05, 0.1) is 11.7 Å². The Bertz CT molecular complexity index is 513. The zero-order valence-corrected chi connectivity index (χ0v) is 13.8. The van der Waals surface area contributed by atoms with Gasteiger partial charge in [-0.15, -0.1) is 0 Å². The first kappa shape index (κ1) is 16.5. The van der Waals surface area contributed by atoms with Crippen LogP contribution in [0.1, 0.15) is 32.9 Å². The highest BCUT2D eigenvalue weighted by atomic mass is 16.6. The number of alkyl carbamates (subject to hydrolysis) is 1. The first-order valence-corrected chi connectivity index (χ1v) is 7.72. The molecule has 0 spiro atoms. The van der Waals surface area contributed by atoms with Gasteiger partial charge in [-0.1, -0.05) is 6.07 Å². The standard InChI is InChI=1S/C16H26N4O2/c1-16(2,3)22-15(21)19-13-8-9-20(11-13)14-7-5-6-12(18-14)10-17-4/h5-7,13,17H,8-11H2,1-4H3,(H,19,21). The quantitative estimate of drug-likeness (QED) is 0.889. The number of hydrogen-bond acceptors (Lipinski definition) is 5. The molecule has 1 atom stereocenters. The van der Waals surface area contributed by atoms with Crippen molar-refractivity contribution in [3.8, 4) is 0 Å². The molecule has 1 unspecified atom stereocenters. The van der Waals surface area contributed by atoms with E-state index in [1.165, 1.54) is 0 Å².